The Morgan fingerprint density at radius 1 is 1.29 bits per heavy atom. The van der Waals surface area contributed by atoms with Gasteiger partial charge in [-0.15, -0.1) is 0 Å². The van der Waals surface area contributed by atoms with Gasteiger partial charge in [0.1, 0.15) is 5.82 Å². The fraction of sp³-hybridized carbons (Fsp3) is 0.533. The van der Waals surface area contributed by atoms with Crippen molar-refractivity contribution >= 4 is 17.5 Å². The van der Waals surface area contributed by atoms with E-state index in [1.807, 2.05) is 4.90 Å². The van der Waals surface area contributed by atoms with E-state index in [1.54, 1.807) is 6.07 Å². The van der Waals surface area contributed by atoms with E-state index in [-0.39, 0.29) is 10.9 Å². The monoisotopic (exact) mass is 311 g/mol. The molecule has 0 bridgehead atoms. The van der Waals surface area contributed by atoms with Gasteiger partial charge in [-0.3, -0.25) is 9.69 Å². The van der Waals surface area contributed by atoms with E-state index in [1.165, 1.54) is 12.1 Å². The average Bonchev–Trinajstić information content (AvgIpc) is 3.00. The highest BCUT2D eigenvalue weighted by atomic mass is 35.5. The summed E-state index contributed by atoms with van der Waals surface area (Å²) in [6.07, 6.45) is 0.988. The van der Waals surface area contributed by atoms with Crippen molar-refractivity contribution in [2.45, 2.75) is 12.5 Å². The second-order valence-corrected chi connectivity index (χ2v) is 6.02. The molecule has 1 amide bonds. The van der Waals surface area contributed by atoms with Gasteiger partial charge in [-0.25, -0.2) is 4.39 Å². The molecule has 2 saturated heterocycles. The molecule has 114 valence electrons. The molecule has 0 saturated carbocycles. The minimum Gasteiger partial charge on any atom is -0.337 e. The molecule has 0 aliphatic carbocycles. The van der Waals surface area contributed by atoms with E-state index in [2.05, 4.69) is 10.2 Å². The highest BCUT2D eigenvalue weighted by molar-refractivity contribution is 6.30. The van der Waals surface area contributed by atoms with Crippen LogP contribution in [0.1, 0.15) is 16.8 Å². The lowest BCUT2D eigenvalue weighted by Gasteiger charge is -2.32. The number of piperazine rings is 1. The molecule has 0 spiro atoms. The van der Waals surface area contributed by atoms with Crippen LogP contribution in [0.3, 0.4) is 0 Å². The van der Waals surface area contributed by atoms with Crippen LogP contribution in [0.4, 0.5) is 4.39 Å². The largest absolute Gasteiger partial charge is 0.337 e. The minimum atomic E-state index is -0.541. The van der Waals surface area contributed by atoms with E-state index in [4.69, 9.17) is 11.6 Å². The summed E-state index contributed by atoms with van der Waals surface area (Å²) in [5, 5.41) is 3.38. The molecular formula is C15H19ClFN3O. The van der Waals surface area contributed by atoms with E-state index < -0.39 is 5.82 Å². The van der Waals surface area contributed by atoms with Crippen molar-refractivity contribution in [3.8, 4) is 0 Å². The number of amides is 1. The quantitative estimate of drug-likeness (QED) is 0.901. The van der Waals surface area contributed by atoms with Crippen molar-refractivity contribution in [2.24, 2.45) is 0 Å². The molecule has 2 aliphatic heterocycles. The average molecular weight is 312 g/mol. The summed E-state index contributed by atoms with van der Waals surface area (Å²) in [5.74, 6) is -0.649. The molecule has 0 aromatic heterocycles. The lowest BCUT2D eigenvalue weighted by Crippen LogP contribution is -2.49. The summed E-state index contributed by atoms with van der Waals surface area (Å²) < 4.78 is 13.5. The summed E-state index contributed by atoms with van der Waals surface area (Å²) in [4.78, 5) is 16.7. The molecule has 1 unspecified atom stereocenters. The van der Waals surface area contributed by atoms with E-state index in [9.17, 15) is 9.18 Å². The predicted molar refractivity (Wildman–Crippen MR) is 80.2 cm³/mol. The number of rotatable bonds is 2. The Labute approximate surface area is 128 Å². The van der Waals surface area contributed by atoms with Crippen molar-refractivity contribution in [3.05, 3.63) is 34.6 Å². The number of halogens is 2. The first kappa shape index (κ1) is 14.8. The van der Waals surface area contributed by atoms with Crippen LogP contribution >= 0.6 is 11.6 Å². The zero-order chi connectivity index (χ0) is 14.8. The van der Waals surface area contributed by atoms with Gasteiger partial charge < -0.3 is 10.2 Å². The first-order valence-electron chi connectivity index (χ1n) is 7.34. The van der Waals surface area contributed by atoms with E-state index in [0.717, 1.165) is 45.7 Å². The molecule has 1 atom stereocenters. The fourth-order valence-electron chi connectivity index (χ4n) is 3.08. The highest BCUT2D eigenvalue weighted by Crippen LogP contribution is 2.21. The third kappa shape index (κ3) is 3.20. The standard InChI is InChI=1S/C15H19ClFN3O/c16-13-2-1-11(9-14(13)17)15(21)20-6-3-12(10-20)19-7-4-18-5-8-19/h1-2,9,12,18H,3-8,10H2. The molecule has 2 aliphatic rings. The molecular weight excluding hydrogens is 293 g/mol. The van der Waals surface area contributed by atoms with Gasteiger partial charge in [0.05, 0.1) is 5.02 Å². The van der Waals surface area contributed by atoms with Crippen LogP contribution in [0.15, 0.2) is 18.2 Å². The Hall–Kier alpha value is -1.17. The number of hydrogen-bond acceptors (Lipinski definition) is 3. The van der Waals surface area contributed by atoms with Gasteiger partial charge >= 0.3 is 0 Å². The highest BCUT2D eigenvalue weighted by Gasteiger charge is 2.31. The smallest absolute Gasteiger partial charge is 0.254 e. The number of benzene rings is 1. The van der Waals surface area contributed by atoms with E-state index >= 15 is 0 Å². The summed E-state index contributed by atoms with van der Waals surface area (Å²) in [5.41, 5.74) is 0.373. The molecule has 3 rings (SSSR count). The van der Waals surface area contributed by atoms with Crippen molar-refractivity contribution in [1.82, 2.24) is 15.1 Å². The van der Waals surface area contributed by atoms with Crippen molar-refractivity contribution in [3.63, 3.8) is 0 Å². The minimum absolute atomic E-state index is 0.0478. The van der Waals surface area contributed by atoms with Crippen LogP contribution in [-0.2, 0) is 0 Å². The maximum absolute atomic E-state index is 13.5. The van der Waals surface area contributed by atoms with Gasteiger partial charge in [0, 0.05) is 50.9 Å². The maximum Gasteiger partial charge on any atom is 0.254 e. The first-order chi connectivity index (χ1) is 10.1. The molecule has 2 heterocycles. The molecule has 1 N–H and O–H groups in total. The van der Waals surface area contributed by atoms with Gasteiger partial charge in [0.2, 0.25) is 0 Å². The van der Waals surface area contributed by atoms with Crippen molar-refractivity contribution in [1.29, 1.82) is 0 Å². The van der Waals surface area contributed by atoms with E-state index in [0.29, 0.717) is 11.6 Å². The van der Waals surface area contributed by atoms with Gasteiger partial charge in [-0.2, -0.15) is 0 Å². The van der Waals surface area contributed by atoms with Crippen LogP contribution in [-0.4, -0.2) is 61.0 Å². The van der Waals surface area contributed by atoms with Crippen LogP contribution in [0.2, 0.25) is 5.02 Å². The molecule has 1 aromatic carbocycles. The molecule has 21 heavy (non-hydrogen) atoms. The van der Waals surface area contributed by atoms with Gasteiger partial charge in [0.25, 0.3) is 5.91 Å². The molecule has 0 radical (unpaired) electrons. The number of nitrogens with zero attached hydrogens (tertiary/aromatic N) is 2. The third-order valence-electron chi connectivity index (χ3n) is 4.29. The number of hydrogen-bond donors (Lipinski definition) is 1. The number of carbonyl (C=O) groups excluding carboxylic acids is 1. The number of nitrogens with one attached hydrogen (secondary N) is 1. The lowest BCUT2D eigenvalue weighted by molar-refractivity contribution is 0.0773. The van der Waals surface area contributed by atoms with Gasteiger partial charge in [-0.05, 0) is 24.6 Å². The van der Waals surface area contributed by atoms with Crippen LogP contribution in [0.25, 0.3) is 0 Å². The normalized spacial score (nSPS) is 23.5. The Morgan fingerprint density at radius 2 is 2.05 bits per heavy atom. The second-order valence-electron chi connectivity index (χ2n) is 5.61. The first-order valence-corrected chi connectivity index (χ1v) is 7.72. The number of carbonyl (C=O) groups is 1. The SMILES string of the molecule is O=C(c1ccc(Cl)c(F)c1)N1CCC(N2CCNCC2)C1. The zero-order valence-corrected chi connectivity index (χ0v) is 12.6. The molecule has 1 aromatic rings. The third-order valence-corrected chi connectivity index (χ3v) is 4.59. The Morgan fingerprint density at radius 3 is 2.76 bits per heavy atom. The fourth-order valence-corrected chi connectivity index (χ4v) is 3.20. The van der Waals surface area contributed by atoms with Crippen molar-refractivity contribution < 1.29 is 9.18 Å². The van der Waals surface area contributed by atoms with Gasteiger partial charge in [-0.1, -0.05) is 11.6 Å². The Bertz CT molecular complexity index is 534. The number of likely N-dealkylation sites (tertiary alicyclic amines) is 1. The zero-order valence-electron chi connectivity index (χ0n) is 11.8. The summed E-state index contributed by atoms with van der Waals surface area (Å²) in [6.45, 7) is 5.53. The van der Waals surface area contributed by atoms with Gasteiger partial charge in [0.15, 0.2) is 0 Å². The van der Waals surface area contributed by atoms with Crippen LogP contribution in [0, 0.1) is 5.82 Å². The van der Waals surface area contributed by atoms with Crippen LogP contribution < -0.4 is 5.32 Å². The second kappa shape index (κ2) is 6.30. The lowest BCUT2D eigenvalue weighted by atomic mass is 10.2. The van der Waals surface area contributed by atoms with Crippen molar-refractivity contribution in [2.75, 3.05) is 39.3 Å². The Kier molecular flexibility index (Phi) is 4.42. The van der Waals surface area contributed by atoms with Crippen LogP contribution in [0.5, 0.6) is 0 Å². The maximum atomic E-state index is 13.5. The molecule has 4 nitrogen and oxygen atoms in total. The summed E-state index contributed by atoms with van der Waals surface area (Å²) in [6, 6.07) is 4.68. The summed E-state index contributed by atoms with van der Waals surface area (Å²) >= 11 is 5.66. The topological polar surface area (TPSA) is 35.6 Å². The molecule has 2 fully saturated rings. The Balaban J connectivity index is 1.64. The summed E-state index contributed by atoms with van der Waals surface area (Å²) in [7, 11) is 0. The molecule has 6 heteroatoms. The predicted octanol–water partition coefficient (Wildman–Crippen LogP) is 1.60.